The summed E-state index contributed by atoms with van der Waals surface area (Å²) in [7, 11) is 0. The fraction of sp³-hybridized carbons (Fsp3) is 0.958. The number of fused-ring (bicyclic) bond motifs is 5. The summed E-state index contributed by atoms with van der Waals surface area (Å²) in [5.74, 6) is 1.86. The molecule has 4 saturated carbocycles. The molecule has 0 heterocycles. The molecule has 1 unspecified atom stereocenters. The fourth-order valence-electron chi connectivity index (χ4n) is 8.87. The van der Waals surface area contributed by atoms with Gasteiger partial charge in [0.15, 0.2) is 0 Å². The van der Waals surface area contributed by atoms with Crippen molar-refractivity contribution in [1.29, 1.82) is 0 Å². The molecule has 4 aliphatic rings. The highest BCUT2D eigenvalue weighted by molar-refractivity contribution is 5.66. The molecule has 0 aromatic heterocycles. The number of aliphatic hydroxyl groups excluding tert-OH is 1. The lowest BCUT2D eigenvalue weighted by Crippen LogP contribution is -2.68. The van der Waals surface area contributed by atoms with Gasteiger partial charge in [-0.15, -0.1) is 0 Å². The zero-order valence-electron chi connectivity index (χ0n) is 18.1. The Bertz CT molecular complexity index is 623. The highest BCUT2D eigenvalue weighted by Gasteiger charge is 2.65. The van der Waals surface area contributed by atoms with Gasteiger partial charge in [0.2, 0.25) is 0 Å². The standard InChI is InChI=1S/C24H41NO3/c1-15(6-9-20(27)28)16-7-8-17-21-18(10-13-22(16,17)2)23(3)11-4-5-12-24(23,25)14-19(21)26/h15-19,21,26H,4-14,25H2,1-3H3,(H,27,28)/t15-,16?,17+,18+,19-,21+,22-,23-,24-/m1/s1. The Balaban J connectivity index is 1.59. The summed E-state index contributed by atoms with van der Waals surface area (Å²) < 4.78 is 0. The van der Waals surface area contributed by atoms with Crippen LogP contribution < -0.4 is 5.73 Å². The van der Waals surface area contributed by atoms with E-state index < -0.39 is 5.97 Å². The molecule has 0 radical (unpaired) electrons. The summed E-state index contributed by atoms with van der Waals surface area (Å²) in [5, 5.41) is 20.4. The lowest BCUT2D eigenvalue weighted by atomic mass is 9.42. The maximum atomic E-state index is 11.3. The largest absolute Gasteiger partial charge is 0.481 e. The van der Waals surface area contributed by atoms with E-state index in [0.29, 0.717) is 29.6 Å². The van der Waals surface area contributed by atoms with Crippen LogP contribution in [0.5, 0.6) is 0 Å². The van der Waals surface area contributed by atoms with Crippen LogP contribution in [0.2, 0.25) is 0 Å². The van der Waals surface area contributed by atoms with Crippen molar-refractivity contribution in [2.24, 2.45) is 46.2 Å². The maximum absolute atomic E-state index is 11.3. The van der Waals surface area contributed by atoms with Crippen molar-refractivity contribution in [3.05, 3.63) is 0 Å². The minimum atomic E-state index is -0.678. The molecule has 4 heteroatoms. The Hall–Kier alpha value is -0.610. The zero-order valence-corrected chi connectivity index (χ0v) is 18.1. The molecule has 0 spiro atoms. The third kappa shape index (κ3) is 2.88. The summed E-state index contributed by atoms with van der Waals surface area (Å²) in [6.07, 6.45) is 11.2. The second kappa shape index (κ2) is 6.97. The predicted octanol–water partition coefficient (Wildman–Crippen LogP) is 4.59. The van der Waals surface area contributed by atoms with Crippen molar-refractivity contribution >= 4 is 5.97 Å². The van der Waals surface area contributed by atoms with Crippen LogP contribution in [0.25, 0.3) is 0 Å². The molecule has 0 saturated heterocycles. The maximum Gasteiger partial charge on any atom is 0.303 e. The van der Waals surface area contributed by atoms with E-state index in [1.807, 2.05) is 0 Å². The fourth-order valence-corrected chi connectivity index (χ4v) is 8.87. The second-order valence-electron chi connectivity index (χ2n) is 11.5. The van der Waals surface area contributed by atoms with Gasteiger partial charge in [-0.25, -0.2) is 0 Å². The Morgan fingerprint density at radius 2 is 1.82 bits per heavy atom. The van der Waals surface area contributed by atoms with E-state index in [1.54, 1.807) is 0 Å². The van der Waals surface area contributed by atoms with Crippen molar-refractivity contribution in [3.8, 4) is 0 Å². The van der Waals surface area contributed by atoms with Crippen LogP contribution >= 0.6 is 0 Å². The predicted molar refractivity (Wildman–Crippen MR) is 111 cm³/mol. The molecule has 9 atom stereocenters. The Morgan fingerprint density at radius 3 is 2.54 bits per heavy atom. The van der Waals surface area contributed by atoms with Gasteiger partial charge in [-0.2, -0.15) is 0 Å². The molecule has 160 valence electrons. The van der Waals surface area contributed by atoms with Crippen LogP contribution in [-0.2, 0) is 4.79 Å². The normalized spacial score (nSPS) is 51.7. The van der Waals surface area contributed by atoms with E-state index in [4.69, 9.17) is 10.8 Å². The van der Waals surface area contributed by atoms with Crippen molar-refractivity contribution in [3.63, 3.8) is 0 Å². The Labute approximate surface area is 170 Å². The molecule has 0 bridgehead atoms. The molecule has 4 N–H and O–H groups in total. The Morgan fingerprint density at radius 1 is 1.11 bits per heavy atom. The van der Waals surface area contributed by atoms with Crippen molar-refractivity contribution < 1.29 is 15.0 Å². The first-order valence-electron chi connectivity index (χ1n) is 11.8. The van der Waals surface area contributed by atoms with E-state index >= 15 is 0 Å². The number of carbonyl (C=O) groups is 1. The minimum Gasteiger partial charge on any atom is -0.481 e. The van der Waals surface area contributed by atoms with Crippen LogP contribution in [0, 0.1) is 40.4 Å². The highest BCUT2D eigenvalue weighted by atomic mass is 16.4. The van der Waals surface area contributed by atoms with Crippen molar-refractivity contribution in [2.45, 2.75) is 103 Å². The molecule has 4 rings (SSSR count). The average Bonchev–Trinajstić information content (AvgIpc) is 2.98. The van der Waals surface area contributed by atoms with Gasteiger partial charge < -0.3 is 15.9 Å². The average molecular weight is 392 g/mol. The number of hydrogen-bond acceptors (Lipinski definition) is 3. The van der Waals surface area contributed by atoms with Gasteiger partial charge in [-0.1, -0.05) is 33.6 Å². The van der Waals surface area contributed by atoms with Gasteiger partial charge in [0.25, 0.3) is 0 Å². The summed E-state index contributed by atoms with van der Waals surface area (Å²) in [4.78, 5) is 11.1. The van der Waals surface area contributed by atoms with Crippen molar-refractivity contribution in [2.75, 3.05) is 0 Å². The van der Waals surface area contributed by atoms with Crippen LogP contribution in [0.4, 0.5) is 0 Å². The molecule has 0 amide bonds. The van der Waals surface area contributed by atoms with Gasteiger partial charge in [0, 0.05) is 12.0 Å². The number of nitrogens with two attached hydrogens (primary N) is 1. The van der Waals surface area contributed by atoms with Crippen LogP contribution in [0.1, 0.15) is 91.4 Å². The quantitative estimate of drug-likeness (QED) is 0.654. The number of carboxylic acid groups (broad SMARTS) is 1. The van der Waals surface area contributed by atoms with Gasteiger partial charge >= 0.3 is 5.97 Å². The van der Waals surface area contributed by atoms with E-state index in [1.165, 1.54) is 44.9 Å². The molecular formula is C24H41NO3. The SMILES string of the molecule is C[C@H](CCC(=O)O)C1CC[C@H]2[C@@H]3[C@H](O)C[C@]4(N)CCCC[C@]4(C)[C@H]3CC[C@]12C. The second-order valence-corrected chi connectivity index (χ2v) is 11.5. The molecule has 28 heavy (non-hydrogen) atoms. The minimum absolute atomic E-state index is 0.170. The number of hydrogen-bond donors (Lipinski definition) is 3. The molecule has 4 aliphatic carbocycles. The highest BCUT2D eigenvalue weighted by Crippen LogP contribution is 2.68. The molecule has 0 aromatic carbocycles. The van der Waals surface area contributed by atoms with Crippen LogP contribution in [0.3, 0.4) is 0 Å². The van der Waals surface area contributed by atoms with Crippen molar-refractivity contribution in [1.82, 2.24) is 0 Å². The van der Waals surface area contributed by atoms with Gasteiger partial charge in [0.1, 0.15) is 0 Å². The van der Waals surface area contributed by atoms with Gasteiger partial charge in [-0.3, -0.25) is 4.79 Å². The lowest BCUT2D eigenvalue weighted by molar-refractivity contribution is -0.173. The topological polar surface area (TPSA) is 83.5 Å². The van der Waals surface area contributed by atoms with E-state index in [-0.39, 0.29) is 28.9 Å². The molecule has 4 nitrogen and oxygen atoms in total. The van der Waals surface area contributed by atoms with E-state index in [2.05, 4.69) is 20.8 Å². The molecule has 0 aromatic rings. The third-order valence-corrected chi connectivity index (χ3v) is 10.4. The summed E-state index contributed by atoms with van der Waals surface area (Å²) in [5.41, 5.74) is 7.23. The zero-order chi connectivity index (χ0) is 20.3. The van der Waals surface area contributed by atoms with Gasteiger partial charge in [-0.05, 0) is 91.8 Å². The lowest BCUT2D eigenvalue weighted by Gasteiger charge is -2.65. The molecular weight excluding hydrogens is 350 g/mol. The molecule has 4 fully saturated rings. The first kappa shape index (κ1) is 20.7. The van der Waals surface area contributed by atoms with E-state index in [0.717, 1.165) is 19.3 Å². The van der Waals surface area contributed by atoms with Crippen LogP contribution in [0.15, 0.2) is 0 Å². The summed E-state index contributed by atoms with van der Waals surface area (Å²) >= 11 is 0. The molecule has 0 aliphatic heterocycles. The number of carboxylic acids is 1. The number of rotatable bonds is 4. The summed E-state index contributed by atoms with van der Waals surface area (Å²) in [6, 6.07) is 0. The number of aliphatic hydroxyl groups is 1. The number of aliphatic carboxylic acids is 1. The monoisotopic (exact) mass is 391 g/mol. The first-order chi connectivity index (χ1) is 13.1. The van der Waals surface area contributed by atoms with Gasteiger partial charge in [0.05, 0.1) is 6.10 Å². The smallest absolute Gasteiger partial charge is 0.303 e. The first-order valence-corrected chi connectivity index (χ1v) is 11.8. The summed E-state index contributed by atoms with van der Waals surface area (Å²) in [6.45, 7) is 7.17. The Kier molecular flexibility index (Phi) is 5.14. The third-order valence-electron chi connectivity index (χ3n) is 10.4. The van der Waals surface area contributed by atoms with Crippen LogP contribution in [-0.4, -0.2) is 27.8 Å². The van der Waals surface area contributed by atoms with E-state index in [9.17, 15) is 9.90 Å².